The number of benzene rings is 1. The summed E-state index contributed by atoms with van der Waals surface area (Å²) in [5, 5.41) is 4.49. The van der Waals surface area contributed by atoms with E-state index in [9.17, 15) is 0 Å². The van der Waals surface area contributed by atoms with E-state index in [0.717, 1.165) is 35.9 Å². The third kappa shape index (κ3) is 3.76. The van der Waals surface area contributed by atoms with E-state index in [1.54, 1.807) is 21.3 Å². The maximum atomic E-state index is 5.43. The van der Waals surface area contributed by atoms with Crippen molar-refractivity contribution in [1.82, 2.24) is 14.8 Å². The summed E-state index contributed by atoms with van der Waals surface area (Å²) in [6, 6.07) is 5.76. The molecule has 22 heavy (non-hydrogen) atoms. The van der Waals surface area contributed by atoms with E-state index in [-0.39, 0.29) is 0 Å². The van der Waals surface area contributed by atoms with Crippen molar-refractivity contribution < 1.29 is 14.2 Å². The molecule has 6 nitrogen and oxygen atoms in total. The number of methoxy groups -OCH3 is 3. The van der Waals surface area contributed by atoms with E-state index in [4.69, 9.17) is 14.2 Å². The van der Waals surface area contributed by atoms with Gasteiger partial charge in [0.25, 0.3) is 0 Å². The van der Waals surface area contributed by atoms with Crippen LogP contribution < -0.4 is 9.47 Å². The lowest BCUT2D eigenvalue weighted by Crippen LogP contribution is -2.07. The predicted octanol–water partition coefficient (Wildman–Crippen LogP) is 2.44. The summed E-state index contributed by atoms with van der Waals surface area (Å²) >= 11 is 0. The molecule has 0 amide bonds. The fourth-order valence-electron chi connectivity index (χ4n) is 2.33. The second kappa shape index (κ2) is 7.79. The molecule has 120 valence electrons. The van der Waals surface area contributed by atoms with Crippen LogP contribution in [0.5, 0.6) is 11.5 Å². The Kier molecular flexibility index (Phi) is 5.77. The van der Waals surface area contributed by atoms with Gasteiger partial charge in [0.15, 0.2) is 5.82 Å². The Bertz CT molecular complexity index is 611. The molecule has 2 rings (SSSR count). The molecule has 0 radical (unpaired) electrons. The quantitative estimate of drug-likeness (QED) is 0.750. The average molecular weight is 305 g/mol. The van der Waals surface area contributed by atoms with Crippen molar-refractivity contribution in [3.63, 3.8) is 0 Å². The van der Waals surface area contributed by atoms with Crippen molar-refractivity contribution in [3.8, 4) is 11.5 Å². The molecule has 2 aromatic rings. The van der Waals surface area contributed by atoms with Gasteiger partial charge in [-0.3, -0.25) is 0 Å². The highest BCUT2D eigenvalue weighted by atomic mass is 16.5. The number of nitrogens with zero attached hydrogens (tertiary/aromatic N) is 3. The predicted molar refractivity (Wildman–Crippen MR) is 83.4 cm³/mol. The number of rotatable bonds is 8. The molecule has 0 N–H and O–H groups in total. The zero-order valence-electron chi connectivity index (χ0n) is 13.6. The number of aromatic nitrogens is 3. The van der Waals surface area contributed by atoms with Crippen LogP contribution in [0.1, 0.15) is 30.6 Å². The molecule has 1 aromatic heterocycles. The van der Waals surface area contributed by atoms with E-state index in [2.05, 4.69) is 17.0 Å². The van der Waals surface area contributed by atoms with E-state index in [0.29, 0.717) is 18.9 Å². The topological polar surface area (TPSA) is 58.4 Å². The minimum absolute atomic E-state index is 0.416. The monoisotopic (exact) mass is 305 g/mol. The SMILES string of the molecule is CCCn1nc(COC)nc1Cc1cc(OC)ccc1OC. The first kappa shape index (κ1) is 16.3. The molecule has 0 fully saturated rings. The van der Waals surface area contributed by atoms with Crippen molar-refractivity contribution >= 4 is 0 Å². The zero-order valence-corrected chi connectivity index (χ0v) is 13.6. The summed E-state index contributed by atoms with van der Waals surface area (Å²) in [6.45, 7) is 3.37. The summed E-state index contributed by atoms with van der Waals surface area (Å²) < 4.78 is 17.8. The van der Waals surface area contributed by atoms with Crippen LogP contribution in [-0.4, -0.2) is 36.1 Å². The van der Waals surface area contributed by atoms with Gasteiger partial charge in [-0.15, -0.1) is 0 Å². The van der Waals surface area contributed by atoms with Crippen LogP contribution in [0.2, 0.25) is 0 Å². The Labute approximate surface area is 131 Å². The van der Waals surface area contributed by atoms with Gasteiger partial charge in [0, 0.05) is 25.6 Å². The van der Waals surface area contributed by atoms with Gasteiger partial charge < -0.3 is 14.2 Å². The molecule has 1 heterocycles. The van der Waals surface area contributed by atoms with Gasteiger partial charge in [0.1, 0.15) is 23.9 Å². The first-order chi connectivity index (χ1) is 10.7. The molecule has 0 saturated carbocycles. The number of ether oxygens (including phenoxy) is 3. The molecule has 0 aliphatic carbocycles. The van der Waals surface area contributed by atoms with Crippen LogP contribution in [0.4, 0.5) is 0 Å². The highest BCUT2D eigenvalue weighted by Crippen LogP contribution is 2.26. The molecule has 0 saturated heterocycles. The molecule has 6 heteroatoms. The maximum Gasteiger partial charge on any atom is 0.176 e. The van der Waals surface area contributed by atoms with Crippen LogP contribution in [0, 0.1) is 0 Å². The van der Waals surface area contributed by atoms with Gasteiger partial charge in [0.05, 0.1) is 14.2 Å². The summed E-state index contributed by atoms with van der Waals surface area (Å²) in [6.07, 6.45) is 1.63. The molecule has 0 unspecified atom stereocenters. The van der Waals surface area contributed by atoms with Gasteiger partial charge in [-0.25, -0.2) is 9.67 Å². The largest absolute Gasteiger partial charge is 0.497 e. The fraction of sp³-hybridized carbons (Fsp3) is 0.500. The van der Waals surface area contributed by atoms with Crippen molar-refractivity contribution in [2.45, 2.75) is 32.9 Å². The smallest absolute Gasteiger partial charge is 0.176 e. The van der Waals surface area contributed by atoms with Gasteiger partial charge in [-0.1, -0.05) is 6.92 Å². The lowest BCUT2D eigenvalue weighted by Gasteiger charge is -2.10. The molecule has 0 aliphatic heterocycles. The fourth-order valence-corrected chi connectivity index (χ4v) is 2.33. The van der Waals surface area contributed by atoms with E-state index < -0.39 is 0 Å². The number of aryl methyl sites for hydroxylation is 1. The molecular formula is C16H23N3O3. The van der Waals surface area contributed by atoms with Gasteiger partial charge in [-0.2, -0.15) is 5.10 Å². The summed E-state index contributed by atoms with van der Waals surface area (Å²) in [5.41, 5.74) is 1.02. The minimum Gasteiger partial charge on any atom is -0.497 e. The van der Waals surface area contributed by atoms with Crippen LogP contribution in [0.25, 0.3) is 0 Å². The number of hydrogen-bond acceptors (Lipinski definition) is 5. The Morgan fingerprint density at radius 2 is 1.95 bits per heavy atom. The molecule has 0 atom stereocenters. The van der Waals surface area contributed by atoms with Crippen LogP contribution in [-0.2, 0) is 24.3 Å². The lowest BCUT2D eigenvalue weighted by atomic mass is 10.1. The maximum absolute atomic E-state index is 5.43. The summed E-state index contributed by atoms with van der Waals surface area (Å²) in [7, 11) is 4.96. The third-order valence-electron chi connectivity index (χ3n) is 3.34. The van der Waals surface area contributed by atoms with Crippen molar-refractivity contribution in [3.05, 3.63) is 35.4 Å². The Balaban J connectivity index is 2.32. The Morgan fingerprint density at radius 1 is 1.14 bits per heavy atom. The highest BCUT2D eigenvalue weighted by Gasteiger charge is 2.13. The molecule has 0 aliphatic rings. The minimum atomic E-state index is 0.416. The van der Waals surface area contributed by atoms with Crippen molar-refractivity contribution in [1.29, 1.82) is 0 Å². The van der Waals surface area contributed by atoms with Gasteiger partial charge in [0.2, 0.25) is 0 Å². The van der Waals surface area contributed by atoms with E-state index >= 15 is 0 Å². The summed E-state index contributed by atoms with van der Waals surface area (Å²) in [5.74, 6) is 3.22. The van der Waals surface area contributed by atoms with Crippen molar-refractivity contribution in [2.75, 3.05) is 21.3 Å². The summed E-state index contributed by atoms with van der Waals surface area (Å²) in [4.78, 5) is 4.58. The van der Waals surface area contributed by atoms with Gasteiger partial charge >= 0.3 is 0 Å². The second-order valence-electron chi connectivity index (χ2n) is 4.95. The molecule has 1 aromatic carbocycles. The zero-order chi connectivity index (χ0) is 15.9. The highest BCUT2D eigenvalue weighted by molar-refractivity contribution is 5.41. The standard InChI is InChI=1S/C16H23N3O3/c1-5-8-19-16(17-15(18-19)11-20-2)10-12-9-13(21-3)6-7-14(12)22-4/h6-7,9H,5,8,10-11H2,1-4H3. The van der Waals surface area contributed by atoms with Crippen LogP contribution in [0.15, 0.2) is 18.2 Å². The molecular weight excluding hydrogens is 282 g/mol. The van der Waals surface area contributed by atoms with E-state index in [1.165, 1.54) is 0 Å². The Morgan fingerprint density at radius 3 is 2.59 bits per heavy atom. The average Bonchev–Trinajstić information content (AvgIpc) is 2.89. The Hall–Kier alpha value is -2.08. The van der Waals surface area contributed by atoms with Crippen LogP contribution >= 0.6 is 0 Å². The van der Waals surface area contributed by atoms with Gasteiger partial charge in [-0.05, 0) is 24.6 Å². The van der Waals surface area contributed by atoms with E-state index in [1.807, 2.05) is 22.9 Å². The third-order valence-corrected chi connectivity index (χ3v) is 3.34. The molecule has 0 spiro atoms. The number of hydrogen-bond donors (Lipinski definition) is 0. The lowest BCUT2D eigenvalue weighted by molar-refractivity contribution is 0.177. The first-order valence-electron chi connectivity index (χ1n) is 7.34. The second-order valence-corrected chi connectivity index (χ2v) is 4.95. The molecule has 0 bridgehead atoms. The van der Waals surface area contributed by atoms with Crippen LogP contribution in [0.3, 0.4) is 0 Å². The normalized spacial score (nSPS) is 10.7. The first-order valence-corrected chi connectivity index (χ1v) is 7.34. The van der Waals surface area contributed by atoms with Crippen molar-refractivity contribution in [2.24, 2.45) is 0 Å².